The van der Waals surface area contributed by atoms with Crippen molar-refractivity contribution in [2.45, 2.75) is 38.6 Å². The summed E-state index contributed by atoms with van der Waals surface area (Å²) in [7, 11) is 0. The first-order valence-electron chi connectivity index (χ1n) is 7.36. The summed E-state index contributed by atoms with van der Waals surface area (Å²) in [6.45, 7) is 2.56. The zero-order valence-corrected chi connectivity index (χ0v) is 12.8. The van der Waals surface area contributed by atoms with Crippen LogP contribution in [0.4, 0.5) is 8.78 Å². The summed E-state index contributed by atoms with van der Waals surface area (Å²) >= 11 is 1.59. The highest BCUT2D eigenvalue weighted by Crippen LogP contribution is 2.34. The van der Waals surface area contributed by atoms with Gasteiger partial charge in [-0.15, -0.1) is 11.3 Å². The SMILES string of the molecule is CCNC(c1nc2c(s1)CCCC2)c1c(F)cccc1F. The van der Waals surface area contributed by atoms with Crippen molar-refractivity contribution in [3.05, 3.63) is 51.0 Å². The van der Waals surface area contributed by atoms with Gasteiger partial charge in [0.15, 0.2) is 0 Å². The number of nitrogens with zero attached hydrogens (tertiary/aromatic N) is 1. The molecular formula is C16H18F2N2S. The van der Waals surface area contributed by atoms with Gasteiger partial charge in [-0.25, -0.2) is 13.8 Å². The predicted molar refractivity (Wildman–Crippen MR) is 80.6 cm³/mol. The van der Waals surface area contributed by atoms with Gasteiger partial charge in [-0.2, -0.15) is 0 Å². The van der Waals surface area contributed by atoms with Crippen LogP contribution in [-0.4, -0.2) is 11.5 Å². The molecule has 1 N–H and O–H groups in total. The van der Waals surface area contributed by atoms with Crippen molar-refractivity contribution in [3.8, 4) is 0 Å². The van der Waals surface area contributed by atoms with Crippen molar-refractivity contribution >= 4 is 11.3 Å². The molecule has 112 valence electrons. The average molecular weight is 308 g/mol. The zero-order chi connectivity index (χ0) is 14.8. The van der Waals surface area contributed by atoms with E-state index in [1.165, 1.54) is 29.5 Å². The minimum atomic E-state index is -0.519. The summed E-state index contributed by atoms with van der Waals surface area (Å²) in [6.07, 6.45) is 4.33. The second-order valence-electron chi connectivity index (χ2n) is 5.26. The summed E-state index contributed by atoms with van der Waals surface area (Å²) in [4.78, 5) is 5.92. The second-order valence-corrected chi connectivity index (χ2v) is 6.37. The number of aromatic nitrogens is 1. The van der Waals surface area contributed by atoms with Gasteiger partial charge in [0.05, 0.1) is 11.7 Å². The van der Waals surface area contributed by atoms with E-state index in [1.54, 1.807) is 11.3 Å². The molecule has 0 saturated carbocycles. The van der Waals surface area contributed by atoms with E-state index in [0.717, 1.165) is 30.0 Å². The third kappa shape index (κ3) is 2.85. The molecule has 0 aliphatic heterocycles. The molecule has 21 heavy (non-hydrogen) atoms. The third-order valence-electron chi connectivity index (χ3n) is 3.81. The fourth-order valence-electron chi connectivity index (χ4n) is 2.80. The van der Waals surface area contributed by atoms with E-state index in [4.69, 9.17) is 0 Å². The van der Waals surface area contributed by atoms with Crippen LogP contribution in [0.15, 0.2) is 18.2 Å². The standard InChI is InChI=1S/C16H18F2N2S/c1-2-19-15(14-10(17)6-5-7-11(14)18)16-20-12-8-3-4-9-13(12)21-16/h5-7,15,19H,2-4,8-9H2,1H3. The quantitative estimate of drug-likeness (QED) is 0.923. The molecule has 2 aromatic rings. The van der Waals surface area contributed by atoms with Gasteiger partial charge in [-0.3, -0.25) is 0 Å². The number of benzene rings is 1. The van der Waals surface area contributed by atoms with Crippen molar-refractivity contribution in [1.82, 2.24) is 10.3 Å². The van der Waals surface area contributed by atoms with Crippen molar-refractivity contribution < 1.29 is 8.78 Å². The maximum Gasteiger partial charge on any atom is 0.131 e. The van der Waals surface area contributed by atoms with Crippen molar-refractivity contribution in [2.24, 2.45) is 0 Å². The van der Waals surface area contributed by atoms with Gasteiger partial charge in [-0.05, 0) is 44.4 Å². The van der Waals surface area contributed by atoms with E-state index in [1.807, 2.05) is 6.92 Å². The van der Waals surface area contributed by atoms with Gasteiger partial charge in [0.2, 0.25) is 0 Å². The average Bonchev–Trinajstić information content (AvgIpc) is 2.89. The maximum absolute atomic E-state index is 14.1. The molecule has 1 atom stereocenters. The van der Waals surface area contributed by atoms with Crippen LogP contribution >= 0.6 is 11.3 Å². The second kappa shape index (κ2) is 6.20. The number of nitrogens with one attached hydrogen (secondary N) is 1. The summed E-state index contributed by atoms with van der Waals surface area (Å²) < 4.78 is 28.2. The number of thiazole rings is 1. The van der Waals surface area contributed by atoms with Crippen LogP contribution in [0, 0.1) is 11.6 Å². The highest BCUT2D eigenvalue weighted by molar-refractivity contribution is 7.11. The number of hydrogen-bond donors (Lipinski definition) is 1. The zero-order valence-electron chi connectivity index (χ0n) is 12.0. The Kier molecular flexibility index (Phi) is 4.31. The van der Waals surface area contributed by atoms with E-state index in [2.05, 4.69) is 10.3 Å². The van der Waals surface area contributed by atoms with Crippen LogP contribution in [0.25, 0.3) is 0 Å². The molecule has 1 aliphatic rings. The van der Waals surface area contributed by atoms with E-state index >= 15 is 0 Å². The molecular weight excluding hydrogens is 290 g/mol. The van der Waals surface area contributed by atoms with Gasteiger partial charge in [-0.1, -0.05) is 13.0 Å². The number of hydrogen-bond acceptors (Lipinski definition) is 3. The summed E-state index contributed by atoms with van der Waals surface area (Å²) in [5, 5.41) is 3.94. The lowest BCUT2D eigenvalue weighted by Crippen LogP contribution is -2.24. The molecule has 3 rings (SSSR count). The number of rotatable bonds is 4. The van der Waals surface area contributed by atoms with Crippen molar-refractivity contribution in [2.75, 3.05) is 6.54 Å². The minimum absolute atomic E-state index is 0.0745. The van der Waals surface area contributed by atoms with Crippen molar-refractivity contribution in [1.29, 1.82) is 0 Å². The first kappa shape index (κ1) is 14.6. The molecule has 0 saturated heterocycles. The molecule has 0 bridgehead atoms. The predicted octanol–water partition coefficient (Wildman–Crippen LogP) is 4.00. The Hall–Kier alpha value is -1.33. The molecule has 0 amide bonds. The van der Waals surface area contributed by atoms with Crippen LogP contribution in [0.3, 0.4) is 0 Å². The molecule has 0 fully saturated rings. The third-order valence-corrected chi connectivity index (χ3v) is 5.03. The smallest absolute Gasteiger partial charge is 0.131 e. The first-order valence-corrected chi connectivity index (χ1v) is 8.18. The number of halogens is 2. The van der Waals surface area contributed by atoms with Gasteiger partial charge < -0.3 is 5.32 Å². The number of aryl methyl sites for hydroxylation is 2. The number of fused-ring (bicyclic) bond motifs is 1. The van der Waals surface area contributed by atoms with Crippen LogP contribution in [0.1, 0.15) is 46.9 Å². The minimum Gasteiger partial charge on any atom is -0.304 e. The Balaban J connectivity index is 2.03. The van der Waals surface area contributed by atoms with Crippen LogP contribution in [0.2, 0.25) is 0 Å². The van der Waals surface area contributed by atoms with Crippen LogP contribution < -0.4 is 5.32 Å². The normalized spacial score (nSPS) is 15.8. The van der Waals surface area contributed by atoms with Crippen LogP contribution in [0.5, 0.6) is 0 Å². The van der Waals surface area contributed by atoms with Gasteiger partial charge >= 0.3 is 0 Å². The lowest BCUT2D eigenvalue weighted by atomic mass is 10.0. The lowest BCUT2D eigenvalue weighted by molar-refractivity contribution is 0.508. The highest BCUT2D eigenvalue weighted by Gasteiger charge is 2.26. The molecule has 1 aromatic heterocycles. The molecule has 1 heterocycles. The topological polar surface area (TPSA) is 24.9 Å². The fourth-order valence-corrected chi connectivity index (χ4v) is 4.04. The molecule has 5 heteroatoms. The van der Waals surface area contributed by atoms with Gasteiger partial charge in [0.25, 0.3) is 0 Å². The Morgan fingerprint density at radius 2 is 1.95 bits per heavy atom. The molecule has 1 aliphatic carbocycles. The monoisotopic (exact) mass is 308 g/mol. The Labute approximate surface area is 127 Å². The van der Waals surface area contributed by atoms with Gasteiger partial charge in [0.1, 0.15) is 16.6 Å². The molecule has 1 aromatic carbocycles. The van der Waals surface area contributed by atoms with E-state index < -0.39 is 17.7 Å². The fraction of sp³-hybridized carbons (Fsp3) is 0.438. The van der Waals surface area contributed by atoms with Crippen molar-refractivity contribution in [3.63, 3.8) is 0 Å². The summed E-state index contributed by atoms with van der Waals surface area (Å²) in [5.74, 6) is -1.04. The molecule has 2 nitrogen and oxygen atoms in total. The summed E-state index contributed by atoms with van der Waals surface area (Å²) in [6, 6.07) is 3.49. The molecule has 0 spiro atoms. The summed E-state index contributed by atoms with van der Waals surface area (Å²) in [5.41, 5.74) is 1.19. The van der Waals surface area contributed by atoms with E-state index in [0.29, 0.717) is 6.54 Å². The molecule has 1 unspecified atom stereocenters. The van der Waals surface area contributed by atoms with Gasteiger partial charge in [0, 0.05) is 10.4 Å². The largest absolute Gasteiger partial charge is 0.304 e. The lowest BCUT2D eigenvalue weighted by Gasteiger charge is -2.17. The van der Waals surface area contributed by atoms with E-state index in [9.17, 15) is 8.78 Å². The van der Waals surface area contributed by atoms with E-state index in [-0.39, 0.29) is 5.56 Å². The maximum atomic E-state index is 14.1. The highest BCUT2D eigenvalue weighted by atomic mass is 32.1. The first-order chi connectivity index (χ1) is 10.2. The Bertz CT molecular complexity index is 595. The Morgan fingerprint density at radius 1 is 1.24 bits per heavy atom. The van der Waals surface area contributed by atoms with Crippen LogP contribution in [-0.2, 0) is 12.8 Å². The Morgan fingerprint density at radius 3 is 2.62 bits per heavy atom. The molecule has 0 radical (unpaired) electrons.